The maximum absolute atomic E-state index is 8.29. The summed E-state index contributed by atoms with van der Waals surface area (Å²) in [5.74, 6) is 0. The molecular weight excluding hydrogens is 227 g/mol. The van der Waals surface area contributed by atoms with Crippen molar-refractivity contribution in [2.75, 3.05) is 33.0 Å². The van der Waals surface area contributed by atoms with Gasteiger partial charge in [-0.1, -0.05) is 26.2 Å². The summed E-state index contributed by atoms with van der Waals surface area (Å²) in [7, 11) is 0. The molecule has 0 spiro atoms. The first-order valence-electron chi connectivity index (χ1n) is 6.28. The van der Waals surface area contributed by atoms with Gasteiger partial charge in [0.2, 0.25) is 0 Å². The summed E-state index contributed by atoms with van der Waals surface area (Å²) in [5, 5.41) is 8.29. The zero-order valence-electron chi connectivity index (χ0n) is 10.6. The van der Waals surface area contributed by atoms with E-state index in [0.717, 1.165) is 32.8 Å². The van der Waals surface area contributed by atoms with E-state index in [9.17, 15) is 0 Å². The van der Waals surface area contributed by atoms with Gasteiger partial charge in [0.05, 0.1) is 26.4 Å². The van der Waals surface area contributed by atoms with E-state index >= 15 is 0 Å². The van der Waals surface area contributed by atoms with Gasteiger partial charge in [0.1, 0.15) is 12.2 Å². The smallest absolute Gasteiger partial charge is 0.104 e. The van der Waals surface area contributed by atoms with Crippen LogP contribution < -0.4 is 0 Å². The van der Waals surface area contributed by atoms with E-state index in [1.807, 2.05) is 0 Å². The lowest BCUT2D eigenvalue weighted by molar-refractivity contribution is 0.102. The van der Waals surface area contributed by atoms with Crippen LogP contribution in [0.1, 0.15) is 32.6 Å². The SMILES string of the molecule is C(OCC1CO1)C1CO1.CCCCCCO.F. The van der Waals surface area contributed by atoms with Crippen molar-refractivity contribution in [1.82, 2.24) is 0 Å². The zero-order chi connectivity index (χ0) is 11.6. The third kappa shape index (κ3) is 12.0. The molecular formula is C12H25FO4. The van der Waals surface area contributed by atoms with Crippen molar-refractivity contribution in [1.29, 1.82) is 0 Å². The minimum Gasteiger partial charge on any atom is -0.396 e. The molecule has 104 valence electrons. The number of rotatable bonds is 8. The molecule has 1 N–H and O–H groups in total. The van der Waals surface area contributed by atoms with Gasteiger partial charge in [-0.2, -0.15) is 0 Å². The van der Waals surface area contributed by atoms with Crippen LogP contribution in [-0.2, 0) is 14.2 Å². The fourth-order valence-corrected chi connectivity index (χ4v) is 1.20. The summed E-state index contributed by atoms with van der Waals surface area (Å²) in [4.78, 5) is 0. The average Bonchev–Trinajstić information content (AvgIpc) is 3.14. The third-order valence-electron chi connectivity index (χ3n) is 2.42. The summed E-state index contributed by atoms with van der Waals surface area (Å²) >= 11 is 0. The summed E-state index contributed by atoms with van der Waals surface area (Å²) in [6, 6.07) is 0. The molecule has 2 rings (SSSR count). The minimum atomic E-state index is 0. The minimum absolute atomic E-state index is 0. The Labute approximate surface area is 103 Å². The van der Waals surface area contributed by atoms with E-state index in [0.29, 0.717) is 18.8 Å². The molecule has 0 amide bonds. The molecule has 2 aliphatic rings. The molecule has 0 bridgehead atoms. The van der Waals surface area contributed by atoms with Crippen molar-refractivity contribution >= 4 is 0 Å². The normalized spacial score (nSPS) is 24.4. The molecule has 0 aromatic carbocycles. The molecule has 2 saturated heterocycles. The fraction of sp³-hybridized carbons (Fsp3) is 1.00. The molecule has 2 heterocycles. The van der Waals surface area contributed by atoms with Crippen LogP contribution in [0.25, 0.3) is 0 Å². The first kappa shape index (κ1) is 16.8. The molecule has 2 fully saturated rings. The Balaban J connectivity index is 0.000000296. The molecule has 2 aliphatic heterocycles. The van der Waals surface area contributed by atoms with E-state index in [1.165, 1.54) is 19.3 Å². The van der Waals surface area contributed by atoms with E-state index in [1.54, 1.807) is 0 Å². The summed E-state index contributed by atoms with van der Waals surface area (Å²) < 4.78 is 15.1. The van der Waals surface area contributed by atoms with Gasteiger partial charge in [0.25, 0.3) is 0 Å². The second-order valence-corrected chi connectivity index (χ2v) is 4.23. The Bertz CT molecular complexity index is 145. The molecule has 0 aliphatic carbocycles. The highest BCUT2D eigenvalue weighted by Gasteiger charge is 2.26. The maximum Gasteiger partial charge on any atom is 0.104 e. The van der Waals surface area contributed by atoms with Gasteiger partial charge in [0.15, 0.2) is 0 Å². The number of unbranched alkanes of at least 4 members (excludes halogenated alkanes) is 3. The lowest BCUT2D eigenvalue weighted by Crippen LogP contribution is -2.06. The van der Waals surface area contributed by atoms with Gasteiger partial charge in [0, 0.05) is 6.61 Å². The van der Waals surface area contributed by atoms with E-state index in [4.69, 9.17) is 19.3 Å². The molecule has 2 atom stereocenters. The third-order valence-corrected chi connectivity index (χ3v) is 2.42. The van der Waals surface area contributed by atoms with Crippen LogP contribution in [0.2, 0.25) is 0 Å². The van der Waals surface area contributed by atoms with Crippen molar-refractivity contribution in [3.63, 3.8) is 0 Å². The first-order valence-corrected chi connectivity index (χ1v) is 6.28. The molecule has 17 heavy (non-hydrogen) atoms. The van der Waals surface area contributed by atoms with Crippen LogP contribution in [-0.4, -0.2) is 50.3 Å². The van der Waals surface area contributed by atoms with Crippen LogP contribution in [0, 0.1) is 0 Å². The predicted molar refractivity (Wildman–Crippen MR) is 64.0 cm³/mol. The lowest BCUT2D eigenvalue weighted by atomic mass is 10.2. The van der Waals surface area contributed by atoms with Crippen molar-refractivity contribution in [2.45, 2.75) is 44.8 Å². The second kappa shape index (κ2) is 10.9. The van der Waals surface area contributed by atoms with Gasteiger partial charge in [-0.3, -0.25) is 4.70 Å². The van der Waals surface area contributed by atoms with Crippen molar-refractivity contribution in [3.05, 3.63) is 0 Å². The summed E-state index contributed by atoms with van der Waals surface area (Å²) in [6.45, 7) is 5.79. The van der Waals surface area contributed by atoms with E-state index < -0.39 is 0 Å². The van der Waals surface area contributed by atoms with Crippen LogP contribution in [0.5, 0.6) is 0 Å². The highest BCUT2D eigenvalue weighted by molar-refractivity contribution is 4.71. The molecule has 4 nitrogen and oxygen atoms in total. The Kier molecular flexibility index (Phi) is 10.7. The fourth-order valence-electron chi connectivity index (χ4n) is 1.20. The van der Waals surface area contributed by atoms with Gasteiger partial charge in [-0.05, 0) is 6.42 Å². The van der Waals surface area contributed by atoms with Crippen molar-refractivity contribution < 1.29 is 24.0 Å². The quantitative estimate of drug-likeness (QED) is 0.525. The Morgan fingerprint density at radius 1 is 1.06 bits per heavy atom. The van der Waals surface area contributed by atoms with Crippen molar-refractivity contribution in [3.8, 4) is 0 Å². The predicted octanol–water partition coefficient (Wildman–Crippen LogP) is 1.51. The number of hydrogen-bond donors (Lipinski definition) is 1. The van der Waals surface area contributed by atoms with E-state index in [-0.39, 0.29) is 4.70 Å². The molecule has 5 heteroatoms. The van der Waals surface area contributed by atoms with Gasteiger partial charge >= 0.3 is 0 Å². The molecule has 0 saturated carbocycles. The standard InChI is InChI=1S/C6H10O3.C6H14O.FH/c1(5-3-8-5)7-2-6-4-9-6;1-2-3-4-5-6-7;/h5-6H,1-4H2;7H,2-6H2,1H3;1H. The van der Waals surface area contributed by atoms with Crippen molar-refractivity contribution in [2.24, 2.45) is 0 Å². The monoisotopic (exact) mass is 252 g/mol. The lowest BCUT2D eigenvalue weighted by Gasteiger charge is -1.95. The average molecular weight is 252 g/mol. The Hall–Kier alpha value is -0.230. The van der Waals surface area contributed by atoms with Crippen LogP contribution in [0.4, 0.5) is 4.70 Å². The maximum atomic E-state index is 8.29. The highest BCUT2D eigenvalue weighted by atomic mass is 19.0. The van der Waals surface area contributed by atoms with Gasteiger partial charge in [-0.25, -0.2) is 0 Å². The molecule has 0 aromatic rings. The number of halogens is 1. The van der Waals surface area contributed by atoms with Gasteiger partial charge in [-0.15, -0.1) is 0 Å². The van der Waals surface area contributed by atoms with Gasteiger partial charge < -0.3 is 19.3 Å². The summed E-state index contributed by atoms with van der Waals surface area (Å²) in [6.07, 6.45) is 5.47. The summed E-state index contributed by atoms with van der Waals surface area (Å²) in [5.41, 5.74) is 0. The van der Waals surface area contributed by atoms with Crippen LogP contribution >= 0.6 is 0 Å². The van der Waals surface area contributed by atoms with Crippen LogP contribution in [0.15, 0.2) is 0 Å². The topological polar surface area (TPSA) is 54.5 Å². The number of aliphatic hydroxyl groups is 1. The second-order valence-electron chi connectivity index (χ2n) is 4.23. The number of epoxide rings is 2. The Morgan fingerprint density at radius 3 is 1.94 bits per heavy atom. The highest BCUT2D eigenvalue weighted by Crippen LogP contribution is 2.12. The first-order chi connectivity index (χ1) is 7.86. The molecule has 0 aromatic heterocycles. The zero-order valence-corrected chi connectivity index (χ0v) is 10.6. The number of ether oxygens (including phenoxy) is 3. The number of aliphatic hydroxyl groups excluding tert-OH is 1. The largest absolute Gasteiger partial charge is 0.396 e. The molecule has 0 radical (unpaired) electrons. The van der Waals surface area contributed by atoms with E-state index in [2.05, 4.69) is 6.92 Å². The molecule has 2 unspecified atom stereocenters. The van der Waals surface area contributed by atoms with Crippen LogP contribution in [0.3, 0.4) is 0 Å². The number of hydrogen-bond acceptors (Lipinski definition) is 4. The Morgan fingerprint density at radius 2 is 1.59 bits per heavy atom.